The summed E-state index contributed by atoms with van der Waals surface area (Å²) in [7, 11) is 0. The molecule has 4 N–H and O–H groups in total. The number of amides is 1. The average Bonchev–Trinajstić information content (AvgIpc) is 2.60. The maximum Gasteiger partial charge on any atom is 0.304 e. The van der Waals surface area contributed by atoms with Crippen LogP contribution in [0.3, 0.4) is 0 Å². The predicted molar refractivity (Wildman–Crippen MR) is 71.9 cm³/mol. The van der Waals surface area contributed by atoms with Crippen molar-refractivity contribution in [2.45, 2.75) is 20.4 Å². The highest BCUT2D eigenvalue weighted by atomic mass is 32.1. The van der Waals surface area contributed by atoms with Crippen LogP contribution in [0.15, 0.2) is 10.2 Å². The number of carbonyl (C=O) groups excluding carboxylic acids is 1. The van der Waals surface area contributed by atoms with Gasteiger partial charge in [-0.1, -0.05) is 37.4 Å². The van der Waals surface area contributed by atoms with Crippen molar-refractivity contribution in [1.82, 2.24) is 10.3 Å². The number of hydrogen-bond acceptors (Lipinski definition) is 4. The second kappa shape index (κ2) is 5.92. The lowest BCUT2D eigenvalue weighted by atomic mass is 9.95. The Balaban J connectivity index is 2.59. The molecule has 0 saturated heterocycles. The van der Waals surface area contributed by atoms with E-state index in [1.807, 2.05) is 13.8 Å². The van der Waals surface area contributed by atoms with Crippen molar-refractivity contribution in [3.63, 3.8) is 0 Å². The van der Waals surface area contributed by atoms with Gasteiger partial charge in [0.2, 0.25) is 5.91 Å². The molecule has 1 aromatic rings. The normalized spacial score (nSPS) is 12.4. The third kappa shape index (κ3) is 3.94. The van der Waals surface area contributed by atoms with E-state index < -0.39 is 5.92 Å². The van der Waals surface area contributed by atoms with E-state index in [1.165, 1.54) is 0 Å². The van der Waals surface area contributed by atoms with E-state index in [0.717, 1.165) is 11.3 Å². The Hall–Kier alpha value is -1.21. The molecule has 1 amide bonds. The zero-order valence-electron chi connectivity index (χ0n) is 9.65. The molecule has 17 heavy (non-hydrogen) atoms. The van der Waals surface area contributed by atoms with Crippen LogP contribution in [0, 0.1) is 11.8 Å². The van der Waals surface area contributed by atoms with Crippen LogP contribution in [-0.2, 0) is 11.3 Å². The highest BCUT2D eigenvalue weighted by Crippen LogP contribution is 2.11. The van der Waals surface area contributed by atoms with Crippen molar-refractivity contribution in [3.05, 3.63) is 20.7 Å². The van der Waals surface area contributed by atoms with Gasteiger partial charge < -0.3 is 16.0 Å². The molecule has 0 bridgehead atoms. The smallest absolute Gasteiger partial charge is 0.304 e. The molecule has 0 spiro atoms. The molecular formula is C10H15N3O2S2. The van der Waals surface area contributed by atoms with Gasteiger partial charge >= 0.3 is 4.87 Å². The highest BCUT2D eigenvalue weighted by molar-refractivity contribution is 7.80. The van der Waals surface area contributed by atoms with E-state index in [4.69, 9.17) is 18.0 Å². The first-order chi connectivity index (χ1) is 7.91. The zero-order valence-corrected chi connectivity index (χ0v) is 11.3. The Bertz CT molecular complexity index is 464. The lowest BCUT2D eigenvalue weighted by Gasteiger charge is -2.18. The highest BCUT2D eigenvalue weighted by Gasteiger charge is 2.24. The topological polar surface area (TPSA) is 88.0 Å². The Morgan fingerprint density at radius 3 is 2.71 bits per heavy atom. The maximum atomic E-state index is 11.8. The van der Waals surface area contributed by atoms with E-state index >= 15 is 0 Å². The third-order valence-electron chi connectivity index (χ3n) is 2.28. The Kier molecular flexibility index (Phi) is 4.83. The summed E-state index contributed by atoms with van der Waals surface area (Å²) >= 11 is 5.93. The predicted octanol–water partition coefficient (Wildman–Crippen LogP) is 0.611. The molecule has 94 valence electrons. The van der Waals surface area contributed by atoms with Crippen LogP contribution in [0.1, 0.15) is 19.5 Å². The summed E-state index contributed by atoms with van der Waals surface area (Å²) in [5.41, 5.74) is 6.21. The number of nitrogens with one attached hydrogen (secondary N) is 2. The third-order valence-corrected chi connectivity index (χ3v) is 3.25. The summed E-state index contributed by atoms with van der Waals surface area (Å²) in [4.78, 5) is 25.4. The number of rotatable bonds is 5. The van der Waals surface area contributed by atoms with Gasteiger partial charge in [0.1, 0.15) is 0 Å². The van der Waals surface area contributed by atoms with Crippen molar-refractivity contribution < 1.29 is 4.79 Å². The number of hydrogen-bond donors (Lipinski definition) is 3. The van der Waals surface area contributed by atoms with Gasteiger partial charge in [-0.05, 0) is 5.92 Å². The number of carbonyl (C=O) groups is 1. The van der Waals surface area contributed by atoms with Crippen LogP contribution in [0.2, 0.25) is 0 Å². The second-order valence-corrected chi connectivity index (χ2v) is 5.33. The largest absolute Gasteiger partial charge is 0.393 e. The molecule has 0 aromatic carbocycles. The molecule has 0 aliphatic heterocycles. The molecule has 1 aromatic heterocycles. The van der Waals surface area contributed by atoms with Gasteiger partial charge in [-0.15, -0.1) is 0 Å². The number of thiazole rings is 1. The summed E-state index contributed by atoms with van der Waals surface area (Å²) in [6.07, 6.45) is 0. The van der Waals surface area contributed by atoms with Crippen LogP contribution < -0.4 is 15.9 Å². The molecule has 0 radical (unpaired) electrons. The van der Waals surface area contributed by atoms with Crippen LogP contribution >= 0.6 is 23.6 Å². The fourth-order valence-corrected chi connectivity index (χ4v) is 2.41. The molecule has 1 rings (SSSR count). The number of nitrogens with two attached hydrogens (primary N) is 1. The second-order valence-electron chi connectivity index (χ2n) is 4.02. The van der Waals surface area contributed by atoms with Crippen LogP contribution in [0.25, 0.3) is 0 Å². The molecular weight excluding hydrogens is 258 g/mol. The van der Waals surface area contributed by atoms with Crippen molar-refractivity contribution in [2.75, 3.05) is 0 Å². The minimum atomic E-state index is -0.477. The zero-order chi connectivity index (χ0) is 13.0. The summed E-state index contributed by atoms with van der Waals surface area (Å²) in [6, 6.07) is 0. The summed E-state index contributed by atoms with van der Waals surface area (Å²) in [6.45, 7) is 4.05. The van der Waals surface area contributed by atoms with E-state index in [1.54, 1.807) is 5.38 Å². The fraction of sp³-hybridized carbons (Fsp3) is 0.500. The van der Waals surface area contributed by atoms with Crippen molar-refractivity contribution in [2.24, 2.45) is 17.6 Å². The number of aromatic nitrogens is 1. The van der Waals surface area contributed by atoms with Crippen molar-refractivity contribution in [3.8, 4) is 0 Å². The van der Waals surface area contributed by atoms with E-state index in [2.05, 4.69) is 10.3 Å². The monoisotopic (exact) mass is 273 g/mol. The molecule has 0 aliphatic rings. The van der Waals surface area contributed by atoms with Gasteiger partial charge in [-0.25, -0.2) is 0 Å². The first-order valence-corrected chi connectivity index (χ1v) is 6.44. The lowest BCUT2D eigenvalue weighted by molar-refractivity contribution is -0.124. The number of H-pyrrole nitrogens is 1. The van der Waals surface area contributed by atoms with Gasteiger partial charge in [0.25, 0.3) is 0 Å². The quantitative estimate of drug-likeness (QED) is 0.686. The van der Waals surface area contributed by atoms with Crippen LogP contribution in [-0.4, -0.2) is 15.9 Å². The van der Waals surface area contributed by atoms with Gasteiger partial charge in [0, 0.05) is 11.1 Å². The Labute approximate surface area is 108 Å². The minimum Gasteiger partial charge on any atom is -0.393 e. The number of thiocarbonyl (C=S) groups is 1. The Morgan fingerprint density at radius 1 is 1.65 bits per heavy atom. The first-order valence-electron chi connectivity index (χ1n) is 5.15. The molecule has 0 aliphatic carbocycles. The Morgan fingerprint density at radius 2 is 2.29 bits per heavy atom. The maximum absolute atomic E-state index is 11.8. The summed E-state index contributed by atoms with van der Waals surface area (Å²) in [5, 5.41) is 4.38. The fourth-order valence-electron chi connectivity index (χ4n) is 1.45. The van der Waals surface area contributed by atoms with E-state index in [-0.39, 0.29) is 28.2 Å². The molecule has 1 unspecified atom stereocenters. The van der Waals surface area contributed by atoms with Gasteiger partial charge in [0.05, 0.1) is 17.5 Å². The van der Waals surface area contributed by atoms with E-state index in [0.29, 0.717) is 5.69 Å². The van der Waals surface area contributed by atoms with Crippen molar-refractivity contribution >= 4 is 34.5 Å². The summed E-state index contributed by atoms with van der Waals surface area (Å²) < 4.78 is 0. The molecule has 0 saturated carbocycles. The van der Waals surface area contributed by atoms with Gasteiger partial charge in [0.15, 0.2) is 0 Å². The molecule has 7 heteroatoms. The minimum absolute atomic E-state index is 0.0500. The van der Waals surface area contributed by atoms with Crippen LogP contribution in [0.4, 0.5) is 0 Å². The molecule has 1 heterocycles. The lowest BCUT2D eigenvalue weighted by Crippen LogP contribution is -2.40. The van der Waals surface area contributed by atoms with Crippen LogP contribution in [0.5, 0.6) is 0 Å². The van der Waals surface area contributed by atoms with Crippen molar-refractivity contribution in [1.29, 1.82) is 0 Å². The standard InChI is InChI=1S/C10H15N3O2S2/c1-5(2)7(8(11)16)9(14)12-3-6-4-17-10(15)13-6/h4-5,7H,3H2,1-2H3,(H2,11,16)(H,12,14)(H,13,15). The van der Waals surface area contributed by atoms with E-state index in [9.17, 15) is 9.59 Å². The molecule has 0 fully saturated rings. The SMILES string of the molecule is CC(C)C(C(=O)NCc1csc(=O)[nH]1)C(N)=S. The summed E-state index contributed by atoms with van der Waals surface area (Å²) in [5.74, 6) is -0.635. The number of aromatic amines is 1. The average molecular weight is 273 g/mol. The van der Waals surface area contributed by atoms with Gasteiger partial charge in [-0.2, -0.15) is 0 Å². The van der Waals surface area contributed by atoms with Gasteiger partial charge in [-0.3, -0.25) is 9.59 Å². The first kappa shape index (κ1) is 13.9. The molecule has 1 atom stereocenters. The molecule has 5 nitrogen and oxygen atoms in total.